The molecule has 0 fully saturated rings. The lowest BCUT2D eigenvalue weighted by atomic mass is 10.1. The Morgan fingerprint density at radius 2 is 2.00 bits per heavy atom. The number of hydrogen-bond donors (Lipinski definition) is 2. The minimum Gasteiger partial charge on any atom is -0.338 e. The molecule has 0 saturated carbocycles. The predicted octanol–water partition coefficient (Wildman–Crippen LogP) is 3.41. The number of hydrogen-bond acceptors (Lipinski definition) is 4. The highest BCUT2D eigenvalue weighted by Gasteiger charge is 2.11. The molecule has 2 rings (SSSR count). The summed E-state index contributed by atoms with van der Waals surface area (Å²) in [7, 11) is 0. The Morgan fingerprint density at radius 3 is 2.60 bits per heavy atom. The van der Waals surface area contributed by atoms with Crippen molar-refractivity contribution >= 4 is 28.7 Å². The van der Waals surface area contributed by atoms with Crippen molar-refractivity contribution in [1.29, 1.82) is 0 Å². The van der Waals surface area contributed by atoms with Crippen molar-refractivity contribution in [3.63, 3.8) is 0 Å². The fourth-order valence-corrected chi connectivity index (χ4v) is 3.27. The molecule has 0 spiro atoms. The van der Waals surface area contributed by atoms with Gasteiger partial charge in [-0.05, 0) is 28.3 Å². The standard InChI is InChI=1S/C14H19N3OS2/c1-10(12-3-5-19-9-12)7-16-14(18)17-8-11(2)13-15-4-6-20-13/h3-6,9-11H,7-8H2,1-2H3,(H2,16,17,18)/t10-,11+/m1/s1. The average molecular weight is 309 g/mol. The first-order valence-electron chi connectivity index (χ1n) is 6.60. The molecule has 6 heteroatoms. The third-order valence-electron chi connectivity index (χ3n) is 3.12. The Hall–Kier alpha value is -1.40. The Kier molecular flexibility index (Phi) is 5.55. The van der Waals surface area contributed by atoms with Gasteiger partial charge in [-0.1, -0.05) is 13.8 Å². The van der Waals surface area contributed by atoms with Crippen LogP contribution >= 0.6 is 22.7 Å². The van der Waals surface area contributed by atoms with E-state index in [4.69, 9.17) is 0 Å². The van der Waals surface area contributed by atoms with Gasteiger partial charge in [-0.3, -0.25) is 0 Å². The van der Waals surface area contributed by atoms with E-state index >= 15 is 0 Å². The second-order valence-electron chi connectivity index (χ2n) is 4.82. The second-order valence-corrected chi connectivity index (χ2v) is 6.53. The lowest BCUT2D eigenvalue weighted by molar-refractivity contribution is 0.240. The van der Waals surface area contributed by atoms with E-state index in [0.717, 1.165) is 5.01 Å². The van der Waals surface area contributed by atoms with E-state index in [2.05, 4.69) is 46.3 Å². The van der Waals surface area contributed by atoms with Crippen molar-refractivity contribution in [3.05, 3.63) is 39.0 Å². The van der Waals surface area contributed by atoms with Crippen molar-refractivity contribution in [2.24, 2.45) is 0 Å². The number of nitrogens with zero attached hydrogens (tertiary/aromatic N) is 1. The number of carbonyl (C=O) groups excluding carboxylic acids is 1. The Bertz CT molecular complexity index is 464. The Morgan fingerprint density at radius 1 is 1.25 bits per heavy atom. The van der Waals surface area contributed by atoms with Crippen LogP contribution in [0.2, 0.25) is 0 Å². The number of nitrogens with one attached hydrogen (secondary N) is 2. The normalized spacial score (nSPS) is 13.7. The zero-order valence-electron chi connectivity index (χ0n) is 11.6. The SMILES string of the molecule is C[C@H](CNC(=O)NC[C@H](C)c1nccs1)c1ccsc1. The van der Waals surface area contributed by atoms with Crippen LogP contribution in [-0.4, -0.2) is 24.1 Å². The highest BCUT2D eigenvalue weighted by Crippen LogP contribution is 2.17. The van der Waals surface area contributed by atoms with Gasteiger partial charge in [0.25, 0.3) is 0 Å². The van der Waals surface area contributed by atoms with Crippen molar-refractivity contribution in [3.8, 4) is 0 Å². The van der Waals surface area contributed by atoms with Gasteiger partial charge in [0, 0.05) is 30.6 Å². The summed E-state index contributed by atoms with van der Waals surface area (Å²) in [5.74, 6) is 0.582. The van der Waals surface area contributed by atoms with Crippen molar-refractivity contribution in [2.45, 2.75) is 25.7 Å². The zero-order chi connectivity index (χ0) is 14.4. The summed E-state index contributed by atoms with van der Waals surface area (Å²) in [6.45, 7) is 5.42. The van der Waals surface area contributed by atoms with Crippen LogP contribution in [0.1, 0.15) is 36.3 Å². The number of aromatic nitrogens is 1. The van der Waals surface area contributed by atoms with Gasteiger partial charge in [-0.15, -0.1) is 11.3 Å². The molecule has 0 aliphatic carbocycles. The van der Waals surface area contributed by atoms with Gasteiger partial charge in [-0.25, -0.2) is 9.78 Å². The molecule has 0 aromatic carbocycles. The van der Waals surface area contributed by atoms with Gasteiger partial charge >= 0.3 is 6.03 Å². The molecule has 0 aliphatic heterocycles. The molecule has 2 amide bonds. The summed E-state index contributed by atoms with van der Waals surface area (Å²) in [4.78, 5) is 16.0. The molecule has 20 heavy (non-hydrogen) atoms. The van der Waals surface area contributed by atoms with Gasteiger partial charge in [0.2, 0.25) is 0 Å². The third-order valence-corrected chi connectivity index (χ3v) is 4.83. The summed E-state index contributed by atoms with van der Waals surface area (Å²) >= 11 is 3.30. The van der Waals surface area contributed by atoms with E-state index in [1.807, 2.05) is 5.38 Å². The smallest absolute Gasteiger partial charge is 0.314 e. The van der Waals surface area contributed by atoms with E-state index in [-0.39, 0.29) is 11.9 Å². The lowest BCUT2D eigenvalue weighted by Crippen LogP contribution is -2.39. The molecule has 2 atom stereocenters. The summed E-state index contributed by atoms with van der Waals surface area (Å²) in [5, 5.41) is 13.0. The van der Waals surface area contributed by atoms with Gasteiger partial charge in [0.05, 0.1) is 5.01 Å². The first kappa shape index (κ1) is 15.0. The molecular formula is C14H19N3OS2. The summed E-state index contributed by atoms with van der Waals surface area (Å²) < 4.78 is 0. The van der Waals surface area contributed by atoms with Crippen LogP contribution in [0.3, 0.4) is 0 Å². The second kappa shape index (κ2) is 7.40. The largest absolute Gasteiger partial charge is 0.338 e. The minimum absolute atomic E-state index is 0.115. The van der Waals surface area contributed by atoms with E-state index in [1.165, 1.54) is 5.56 Å². The van der Waals surface area contributed by atoms with Crippen LogP contribution in [0.4, 0.5) is 4.79 Å². The quantitative estimate of drug-likeness (QED) is 0.859. The number of urea groups is 1. The lowest BCUT2D eigenvalue weighted by Gasteiger charge is -2.14. The molecule has 2 aromatic rings. The maximum atomic E-state index is 11.8. The number of thiophene rings is 1. The molecule has 0 radical (unpaired) electrons. The van der Waals surface area contributed by atoms with Crippen molar-refractivity contribution in [2.75, 3.05) is 13.1 Å². The van der Waals surface area contributed by atoms with Crippen LogP contribution in [0.15, 0.2) is 28.4 Å². The third kappa shape index (κ3) is 4.31. The summed E-state index contributed by atoms with van der Waals surface area (Å²) in [6, 6.07) is 1.98. The van der Waals surface area contributed by atoms with Crippen molar-refractivity contribution in [1.82, 2.24) is 15.6 Å². The minimum atomic E-state index is -0.115. The highest BCUT2D eigenvalue weighted by atomic mass is 32.1. The Balaban J connectivity index is 1.68. The van der Waals surface area contributed by atoms with E-state index in [9.17, 15) is 4.79 Å². The van der Waals surface area contributed by atoms with Crippen LogP contribution < -0.4 is 10.6 Å². The molecule has 108 valence electrons. The molecule has 2 aromatic heterocycles. The molecule has 2 heterocycles. The van der Waals surface area contributed by atoms with Crippen LogP contribution in [-0.2, 0) is 0 Å². The molecule has 0 bridgehead atoms. The monoisotopic (exact) mass is 309 g/mol. The van der Waals surface area contributed by atoms with Crippen LogP contribution in [0.5, 0.6) is 0 Å². The maximum absolute atomic E-state index is 11.8. The van der Waals surface area contributed by atoms with E-state index in [1.54, 1.807) is 28.9 Å². The van der Waals surface area contributed by atoms with E-state index in [0.29, 0.717) is 19.0 Å². The van der Waals surface area contributed by atoms with Gasteiger partial charge in [0.15, 0.2) is 0 Å². The Labute approximate surface area is 127 Å². The van der Waals surface area contributed by atoms with Gasteiger partial charge in [-0.2, -0.15) is 11.3 Å². The topological polar surface area (TPSA) is 54.0 Å². The summed E-state index contributed by atoms with van der Waals surface area (Å²) in [6.07, 6.45) is 1.79. The average Bonchev–Trinajstić information content (AvgIpc) is 3.14. The molecule has 2 N–H and O–H groups in total. The van der Waals surface area contributed by atoms with Crippen molar-refractivity contribution < 1.29 is 4.79 Å². The van der Waals surface area contributed by atoms with Crippen LogP contribution in [0.25, 0.3) is 0 Å². The first-order chi connectivity index (χ1) is 9.66. The predicted molar refractivity (Wildman–Crippen MR) is 84.7 cm³/mol. The number of amides is 2. The fraction of sp³-hybridized carbons (Fsp3) is 0.429. The van der Waals surface area contributed by atoms with Gasteiger partial charge < -0.3 is 10.6 Å². The molecule has 4 nitrogen and oxygen atoms in total. The highest BCUT2D eigenvalue weighted by molar-refractivity contribution is 7.09. The summed E-state index contributed by atoms with van der Waals surface area (Å²) in [5.41, 5.74) is 1.27. The maximum Gasteiger partial charge on any atom is 0.314 e. The molecule has 0 unspecified atom stereocenters. The van der Waals surface area contributed by atoms with Gasteiger partial charge in [0.1, 0.15) is 0 Å². The van der Waals surface area contributed by atoms with Crippen LogP contribution in [0, 0.1) is 0 Å². The molecule has 0 saturated heterocycles. The first-order valence-corrected chi connectivity index (χ1v) is 8.42. The molecule has 0 aliphatic rings. The zero-order valence-corrected chi connectivity index (χ0v) is 13.3. The number of rotatable bonds is 6. The number of carbonyl (C=O) groups is 1. The fourth-order valence-electron chi connectivity index (χ4n) is 1.79. The number of thiazole rings is 1. The van der Waals surface area contributed by atoms with E-state index < -0.39 is 0 Å². The molecular weight excluding hydrogens is 290 g/mol.